The quantitative estimate of drug-likeness (QED) is 0.194. The first-order valence-corrected chi connectivity index (χ1v) is 7.75. The first-order chi connectivity index (χ1) is 12.5. The molecule has 6 heteroatoms. The Morgan fingerprint density at radius 3 is 1.73 bits per heavy atom. The molecular formula is C20H10F5N. The van der Waals surface area contributed by atoms with Crippen molar-refractivity contribution in [3.05, 3.63) is 88.9 Å². The van der Waals surface area contributed by atoms with E-state index in [-0.39, 0.29) is 5.69 Å². The summed E-state index contributed by atoms with van der Waals surface area (Å²) in [5.74, 6) is -9.74. The third kappa shape index (κ3) is 2.41. The molecule has 3 aromatic carbocycles. The van der Waals surface area contributed by atoms with Crippen molar-refractivity contribution in [1.29, 1.82) is 0 Å². The van der Waals surface area contributed by atoms with Crippen molar-refractivity contribution >= 4 is 21.7 Å². The van der Waals surface area contributed by atoms with Crippen molar-refractivity contribution in [2.24, 2.45) is 0 Å². The van der Waals surface area contributed by atoms with Gasteiger partial charge in [0.25, 0.3) is 0 Å². The molecule has 0 saturated carbocycles. The van der Waals surface area contributed by atoms with E-state index < -0.39 is 41.1 Å². The molecule has 130 valence electrons. The number of pyridine rings is 1. The van der Waals surface area contributed by atoms with Crippen LogP contribution in [0.1, 0.15) is 11.3 Å². The van der Waals surface area contributed by atoms with Crippen LogP contribution in [0.3, 0.4) is 0 Å². The van der Waals surface area contributed by atoms with Gasteiger partial charge in [0.15, 0.2) is 23.3 Å². The largest absolute Gasteiger partial charge is 0.252 e. The molecule has 0 aliphatic heterocycles. The van der Waals surface area contributed by atoms with Crippen LogP contribution in [0.5, 0.6) is 0 Å². The summed E-state index contributed by atoms with van der Waals surface area (Å²) in [6.07, 6.45) is -0.517. The first kappa shape index (κ1) is 16.4. The van der Waals surface area contributed by atoms with Crippen LogP contribution >= 0.6 is 0 Å². The molecule has 0 aliphatic carbocycles. The molecule has 26 heavy (non-hydrogen) atoms. The number of rotatable bonds is 2. The van der Waals surface area contributed by atoms with Gasteiger partial charge in [0.1, 0.15) is 0 Å². The van der Waals surface area contributed by atoms with E-state index in [0.717, 1.165) is 10.8 Å². The molecule has 1 nitrogen and oxygen atoms in total. The maximum atomic E-state index is 14.1. The zero-order chi connectivity index (χ0) is 18.4. The van der Waals surface area contributed by atoms with Gasteiger partial charge in [-0.2, -0.15) is 0 Å². The van der Waals surface area contributed by atoms with E-state index in [1.807, 2.05) is 18.2 Å². The van der Waals surface area contributed by atoms with E-state index in [4.69, 9.17) is 0 Å². The van der Waals surface area contributed by atoms with E-state index in [1.165, 1.54) is 0 Å². The Kier molecular flexibility index (Phi) is 3.83. The van der Waals surface area contributed by atoms with Crippen molar-refractivity contribution in [2.45, 2.75) is 6.42 Å². The Hall–Kier alpha value is -3.02. The molecule has 0 bridgehead atoms. The summed E-state index contributed by atoms with van der Waals surface area (Å²) < 4.78 is 68.3. The lowest BCUT2D eigenvalue weighted by molar-refractivity contribution is 0.371. The number of para-hydroxylation sites is 1. The summed E-state index contributed by atoms with van der Waals surface area (Å²) in [5.41, 5.74) is -0.0816. The first-order valence-electron chi connectivity index (χ1n) is 7.75. The van der Waals surface area contributed by atoms with Crippen molar-refractivity contribution in [2.75, 3.05) is 0 Å². The summed E-state index contributed by atoms with van der Waals surface area (Å²) in [5, 5.41) is 2.22. The van der Waals surface area contributed by atoms with Crippen LogP contribution in [0, 0.1) is 29.1 Å². The minimum atomic E-state index is -2.17. The maximum Gasteiger partial charge on any atom is 0.200 e. The summed E-state index contributed by atoms with van der Waals surface area (Å²) in [6, 6.07) is 14.2. The topological polar surface area (TPSA) is 12.9 Å². The predicted octanol–water partition coefficient (Wildman–Crippen LogP) is 5.67. The van der Waals surface area contributed by atoms with Gasteiger partial charge in [0.05, 0.1) is 11.2 Å². The molecule has 1 heterocycles. The van der Waals surface area contributed by atoms with Gasteiger partial charge in [0, 0.05) is 22.8 Å². The minimum Gasteiger partial charge on any atom is -0.252 e. The predicted molar refractivity (Wildman–Crippen MR) is 88.3 cm³/mol. The van der Waals surface area contributed by atoms with Gasteiger partial charge in [-0.1, -0.05) is 42.5 Å². The van der Waals surface area contributed by atoms with E-state index in [1.54, 1.807) is 30.3 Å². The van der Waals surface area contributed by atoms with Gasteiger partial charge in [-0.05, 0) is 11.5 Å². The molecule has 0 unspecified atom stereocenters. The van der Waals surface area contributed by atoms with Crippen LogP contribution in [-0.2, 0) is 6.42 Å². The zero-order valence-corrected chi connectivity index (χ0v) is 13.2. The van der Waals surface area contributed by atoms with Gasteiger partial charge in [-0.15, -0.1) is 0 Å². The second-order valence-electron chi connectivity index (χ2n) is 5.85. The van der Waals surface area contributed by atoms with Crippen LogP contribution in [0.2, 0.25) is 0 Å². The SMILES string of the molecule is Fc1c(F)c(F)c(Cc2nc3ccccc3c3ccccc23)c(F)c1F. The van der Waals surface area contributed by atoms with Crippen LogP contribution < -0.4 is 0 Å². The third-order valence-corrected chi connectivity index (χ3v) is 4.33. The number of halogens is 5. The molecule has 4 aromatic rings. The fourth-order valence-corrected chi connectivity index (χ4v) is 3.08. The van der Waals surface area contributed by atoms with Crippen LogP contribution in [0.4, 0.5) is 22.0 Å². The number of benzene rings is 3. The Balaban J connectivity index is 1.99. The molecule has 4 rings (SSSR count). The Bertz CT molecular complexity index is 1140. The van der Waals surface area contributed by atoms with Crippen molar-refractivity contribution in [1.82, 2.24) is 4.98 Å². The molecule has 1 aromatic heterocycles. The molecule has 0 fully saturated rings. The number of aromatic nitrogens is 1. The van der Waals surface area contributed by atoms with Gasteiger partial charge >= 0.3 is 0 Å². The maximum absolute atomic E-state index is 14.1. The van der Waals surface area contributed by atoms with Crippen molar-refractivity contribution < 1.29 is 22.0 Å². The van der Waals surface area contributed by atoms with E-state index in [9.17, 15) is 22.0 Å². The lowest BCUT2D eigenvalue weighted by Crippen LogP contribution is -2.08. The zero-order valence-electron chi connectivity index (χ0n) is 13.2. The van der Waals surface area contributed by atoms with Gasteiger partial charge in [-0.25, -0.2) is 22.0 Å². The minimum absolute atomic E-state index is 0.238. The van der Waals surface area contributed by atoms with Gasteiger partial charge < -0.3 is 0 Å². The number of fused-ring (bicyclic) bond motifs is 3. The summed E-state index contributed by atoms with van der Waals surface area (Å²) in [4.78, 5) is 4.39. The molecule has 0 atom stereocenters. The van der Waals surface area contributed by atoms with Crippen LogP contribution in [-0.4, -0.2) is 4.98 Å². The fourth-order valence-electron chi connectivity index (χ4n) is 3.08. The van der Waals surface area contributed by atoms with E-state index in [2.05, 4.69) is 4.98 Å². The Labute approximate surface area is 144 Å². The number of hydrogen-bond acceptors (Lipinski definition) is 1. The van der Waals surface area contributed by atoms with Gasteiger partial charge in [-0.3, -0.25) is 4.98 Å². The average Bonchev–Trinajstić information content (AvgIpc) is 2.68. The summed E-state index contributed by atoms with van der Waals surface area (Å²) in [6.45, 7) is 0. The highest BCUT2D eigenvalue weighted by Gasteiger charge is 2.26. The lowest BCUT2D eigenvalue weighted by Gasteiger charge is -2.12. The smallest absolute Gasteiger partial charge is 0.200 e. The number of hydrogen-bond donors (Lipinski definition) is 0. The Morgan fingerprint density at radius 1 is 0.577 bits per heavy atom. The van der Waals surface area contributed by atoms with Crippen molar-refractivity contribution in [3.63, 3.8) is 0 Å². The normalized spacial score (nSPS) is 11.4. The molecule has 0 spiro atoms. The monoisotopic (exact) mass is 359 g/mol. The molecular weight excluding hydrogens is 349 g/mol. The average molecular weight is 359 g/mol. The molecule has 0 aliphatic rings. The highest BCUT2D eigenvalue weighted by molar-refractivity contribution is 6.06. The second kappa shape index (κ2) is 6.05. The summed E-state index contributed by atoms with van der Waals surface area (Å²) in [7, 11) is 0. The van der Waals surface area contributed by atoms with Crippen LogP contribution in [0.15, 0.2) is 48.5 Å². The standard InChI is InChI=1S/C20H10F5N/c21-16-13(17(22)19(24)20(25)18(16)23)9-15-12-7-2-1-5-10(12)11-6-3-4-8-14(11)26-15/h1-8H,9H2. The van der Waals surface area contributed by atoms with E-state index >= 15 is 0 Å². The fraction of sp³-hybridized carbons (Fsp3) is 0.0500. The Morgan fingerprint density at radius 2 is 1.08 bits per heavy atom. The summed E-state index contributed by atoms with van der Waals surface area (Å²) >= 11 is 0. The van der Waals surface area contributed by atoms with Crippen LogP contribution in [0.25, 0.3) is 21.7 Å². The van der Waals surface area contributed by atoms with E-state index in [0.29, 0.717) is 10.9 Å². The second-order valence-corrected chi connectivity index (χ2v) is 5.85. The van der Waals surface area contributed by atoms with Gasteiger partial charge in [0.2, 0.25) is 5.82 Å². The van der Waals surface area contributed by atoms with Crippen molar-refractivity contribution in [3.8, 4) is 0 Å². The third-order valence-electron chi connectivity index (χ3n) is 4.33. The molecule has 0 N–H and O–H groups in total. The number of nitrogens with zero attached hydrogens (tertiary/aromatic N) is 1. The molecule has 0 amide bonds. The highest BCUT2D eigenvalue weighted by atomic mass is 19.2. The molecule has 0 radical (unpaired) electrons. The molecule has 0 saturated heterocycles. The lowest BCUT2D eigenvalue weighted by atomic mass is 9.99. The highest BCUT2D eigenvalue weighted by Crippen LogP contribution is 2.30.